The second kappa shape index (κ2) is 9.34. The van der Waals surface area contributed by atoms with E-state index in [2.05, 4.69) is 43.1 Å². The van der Waals surface area contributed by atoms with Gasteiger partial charge in [-0.2, -0.15) is 0 Å². The smallest absolute Gasteiger partial charge is 0.233 e. The predicted octanol–water partition coefficient (Wildman–Crippen LogP) is 3.51. The number of benzene rings is 1. The summed E-state index contributed by atoms with van der Waals surface area (Å²) in [4.78, 5) is 19.0. The molecule has 0 N–H and O–H groups in total. The molecule has 1 aliphatic rings. The van der Waals surface area contributed by atoms with Crippen LogP contribution in [0.1, 0.15) is 45.1 Å². The summed E-state index contributed by atoms with van der Waals surface area (Å²) in [6.07, 6.45) is 4.97. The van der Waals surface area contributed by atoms with Gasteiger partial charge in [0.15, 0.2) is 15.0 Å². The number of thioether (sulfide) groups is 1. The van der Waals surface area contributed by atoms with E-state index < -0.39 is 9.84 Å². The van der Waals surface area contributed by atoms with E-state index in [0.717, 1.165) is 17.3 Å². The first-order valence-electron chi connectivity index (χ1n) is 10.1. The predicted molar refractivity (Wildman–Crippen MR) is 117 cm³/mol. The lowest BCUT2D eigenvalue weighted by Crippen LogP contribution is -2.42. The van der Waals surface area contributed by atoms with Gasteiger partial charge < -0.3 is 4.90 Å². The molecule has 29 heavy (non-hydrogen) atoms. The Morgan fingerprint density at radius 2 is 2.03 bits per heavy atom. The Hall–Kier alpha value is -1.80. The number of imidazole rings is 1. The Bertz CT molecular complexity index is 936. The number of sulfone groups is 1. The van der Waals surface area contributed by atoms with Crippen molar-refractivity contribution in [2.45, 2.75) is 50.7 Å². The van der Waals surface area contributed by atoms with Crippen LogP contribution in [0, 0.1) is 0 Å². The van der Waals surface area contributed by atoms with Crippen LogP contribution in [0.2, 0.25) is 0 Å². The van der Waals surface area contributed by atoms with Gasteiger partial charge in [0.1, 0.15) is 0 Å². The minimum Gasteiger partial charge on any atom is -0.338 e. The quantitative estimate of drug-likeness (QED) is 0.593. The van der Waals surface area contributed by atoms with E-state index in [9.17, 15) is 13.2 Å². The molecule has 0 spiro atoms. The van der Waals surface area contributed by atoms with Gasteiger partial charge in [0.05, 0.1) is 17.3 Å². The molecule has 1 amide bonds. The maximum Gasteiger partial charge on any atom is 0.233 e. The van der Waals surface area contributed by atoms with Crippen molar-refractivity contribution in [3.8, 4) is 5.69 Å². The third-order valence-electron chi connectivity index (χ3n) is 5.20. The first-order valence-corrected chi connectivity index (χ1v) is 12.9. The molecule has 0 radical (unpaired) electrons. The third-order valence-corrected chi connectivity index (χ3v) is 7.91. The van der Waals surface area contributed by atoms with Crippen LogP contribution in [0.25, 0.3) is 5.69 Å². The maximum atomic E-state index is 12.9. The Balaban J connectivity index is 1.68. The minimum atomic E-state index is -3.02. The van der Waals surface area contributed by atoms with Gasteiger partial charge in [0.25, 0.3) is 0 Å². The van der Waals surface area contributed by atoms with E-state index >= 15 is 0 Å². The summed E-state index contributed by atoms with van der Waals surface area (Å²) in [6, 6.07) is 8.16. The second-order valence-electron chi connectivity index (χ2n) is 7.76. The van der Waals surface area contributed by atoms with Crippen molar-refractivity contribution >= 4 is 27.5 Å². The van der Waals surface area contributed by atoms with E-state index in [1.54, 1.807) is 11.1 Å². The highest BCUT2D eigenvalue weighted by Gasteiger charge is 2.34. The van der Waals surface area contributed by atoms with Crippen LogP contribution in [-0.4, -0.2) is 58.6 Å². The van der Waals surface area contributed by atoms with Crippen LogP contribution in [0.5, 0.6) is 0 Å². The topological polar surface area (TPSA) is 72.3 Å². The van der Waals surface area contributed by atoms with E-state index in [1.807, 2.05) is 17.7 Å². The van der Waals surface area contributed by atoms with Crippen LogP contribution < -0.4 is 0 Å². The highest BCUT2D eigenvalue weighted by Crippen LogP contribution is 2.24. The summed E-state index contributed by atoms with van der Waals surface area (Å²) in [7, 11) is -3.02. The van der Waals surface area contributed by atoms with Crippen LogP contribution in [0.15, 0.2) is 41.8 Å². The molecular weight excluding hydrogens is 406 g/mol. The molecule has 158 valence electrons. The standard InChI is InChI=1S/C21H29N3O3S2/c1-4-11-23(19-9-13-29(26,27)15-19)20(25)14-28-21-22-10-12-24(21)18-7-5-17(6-8-18)16(2)3/h5-8,10,12,16,19H,4,9,11,13-15H2,1-3H3. The molecule has 1 saturated heterocycles. The molecule has 0 saturated carbocycles. The van der Waals surface area contributed by atoms with Gasteiger partial charge >= 0.3 is 0 Å². The summed E-state index contributed by atoms with van der Waals surface area (Å²) in [5, 5.41) is 0.756. The number of amides is 1. The lowest BCUT2D eigenvalue weighted by Gasteiger charge is -2.27. The minimum absolute atomic E-state index is 0.0244. The van der Waals surface area contributed by atoms with Gasteiger partial charge in [0, 0.05) is 30.7 Å². The molecule has 1 fully saturated rings. The Kier molecular flexibility index (Phi) is 7.05. The first kappa shape index (κ1) is 21.9. The van der Waals surface area contributed by atoms with Crippen molar-refractivity contribution in [1.82, 2.24) is 14.5 Å². The highest BCUT2D eigenvalue weighted by atomic mass is 32.2. The summed E-state index contributed by atoms with van der Waals surface area (Å²) in [5.41, 5.74) is 2.29. The number of rotatable bonds is 8. The van der Waals surface area contributed by atoms with Gasteiger partial charge in [-0.15, -0.1) is 0 Å². The number of nitrogens with zero attached hydrogens (tertiary/aromatic N) is 3. The van der Waals surface area contributed by atoms with Crippen molar-refractivity contribution in [1.29, 1.82) is 0 Å². The lowest BCUT2D eigenvalue weighted by atomic mass is 10.0. The van der Waals surface area contributed by atoms with E-state index in [1.165, 1.54) is 17.3 Å². The summed E-state index contributed by atoms with van der Waals surface area (Å²) in [6.45, 7) is 6.92. The van der Waals surface area contributed by atoms with Crippen LogP contribution >= 0.6 is 11.8 Å². The number of carbonyl (C=O) groups excluding carboxylic acids is 1. The summed E-state index contributed by atoms with van der Waals surface area (Å²) < 4.78 is 25.6. The van der Waals surface area contributed by atoms with Gasteiger partial charge in [0.2, 0.25) is 5.91 Å². The van der Waals surface area contributed by atoms with Gasteiger partial charge in [-0.1, -0.05) is 44.7 Å². The van der Waals surface area contributed by atoms with E-state index in [-0.39, 0.29) is 29.2 Å². The van der Waals surface area contributed by atoms with Gasteiger partial charge in [-0.3, -0.25) is 9.36 Å². The van der Waals surface area contributed by atoms with Gasteiger partial charge in [-0.05, 0) is 36.5 Å². The molecule has 6 nitrogen and oxygen atoms in total. The Morgan fingerprint density at radius 3 is 2.62 bits per heavy atom. The molecule has 8 heteroatoms. The van der Waals surface area contributed by atoms with Crippen molar-refractivity contribution in [2.75, 3.05) is 23.8 Å². The molecule has 1 atom stereocenters. The molecule has 0 bridgehead atoms. The average Bonchev–Trinajstić information content (AvgIpc) is 3.30. The normalized spacial score (nSPS) is 18.3. The number of hydrogen-bond acceptors (Lipinski definition) is 5. The molecule has 1 aromatic heterocycles. The molecule has 1 aliphatic heterocycles. The molecule has 0 aliphatic carbocycles. The molecular formula is C21H29N3O3S2. The molecule has 1 unspecified atom stereocenters. The fraction of sp³-hybridized carbons (Fsp3) is 0.524. The SMILES string of the molecule is CCCN(C(=O)CSc1nccn1-c1ccc(C(C)C)cc1)C1CCS(=O)(=O)C1. The molecule has 3 rings (SSSR count). The highest BCUT2D eigenvalue weighted by molar-refractivity contribution is 7.99. The van der Waals surface area contributed by atoms with Crippen molar-refractivity contribution < 1.29 is 13.2 Å². The zero-order valence-electron chi connectivity index (χ0n) is 17.2. The largest absolute Gasteiger partial charge is 0.338 e. The molecule has 1 aromatic carbocycles. The summed E-state index contributed by atoms with van der Waals surface area (Å²) in [5.74, 6) is 0.957. The number of aromatic nitrogens is 2. The van der Waals surface area contributed by atoms with E-state index in [4.69, 9.17) is 0 Å². The Morgan fingerprint density at radius 1 is 1.31 bits per heavy atom. The third kappa shape index (κ3) is 5.42. The zero-order valence-corrected chi connectivity index (χ0v) is 18.9. The molecule has 2 aromatic rings. The van der Waals surface area contributed by atoms with Crippen molar-refractivity contribution in [2.24, 2.45) is 0 Å². The fourth-order valence-electron chi connectivity index (χ4n) is 3.60. The van der Waals surface area contributed by atoms with Crippen LogP contribution in [0.3, 0.4) is 0 Å². The monoisotopic (exact) mass is 435 g/mol. The fourth-order valence-corrected chi connectivity index (χ4v) is 6.18. The zero-order chi connectivity index (χ0) is 21.0. The van der Waals surface area contributed by atoms with E-state index in [0.29, 0.717) is 18.9 Å². The Labute approximate surface area is 177 Å². The maximum absolute atomic E-state index is 12.9. The lowest BCUT2D eigenvalue weighted by molar-refractivity contribution is -0.130. The number of carbonyl (C=O) groups is 1. The second-order valence-corrected chi connectivity index (χ2v) is 10.9. The van der Waals surface area contributed by atoms with Gasteiger partial charge in [-0.25, -0.2) is 13.4 Å². The van der Waals surface area contributed by atoms with Crippen molar-refractivity contribution in [3.63, 3.8) is 0 Å². The number of hydrogen-bond donors (Lipinski definition) is 0. The molecule has 2 heterocycles. The van der Waals surface area contributed by atoms with Crippen molar-refractivity contribution in [3.05, 3.63) is 42.2 Å². The van der Waals surface area contributed by atoms with Crippen LogP contribution in [0.4, 0.5) is 0 Å². The summed E-state index contributed by atoms with van der Waals surface area (Å²) >= 11 is 1.39. The first-order chi connectivity index (χ1) is 13.8. The van der Waals surface area contributed by atoms with Crippen LogP contribution in [-0.2, 0) is 14.6 Å². The average molecular weight is 436 g/mol.